The van der Waals surface area contributed by atoms with Gasteiger partial charge in [-0.25, -0.2) is 0 Å². The molecule has 16 heavy (non-hydrogen) atoms. The van der Waals surface area contributed by atoms with Gasteiger partial charge in [0.15, 0.2) is 0 Å². The van der Waals surface area contributed by atoms with E-state index in [0.717, 1.165) is 21.9 Å². The lowest BCUT2D eigenvalue weighted by molar-refractivity contribution is 1.28. The summed E-state index contributed by atoms with van der Waals surface area (Å²) in [6, 6.07) is 4.07. The molecule has 0 saturated carbocycles. The average Bonchev–Trinajstić information content (AvgIpc) is 2.63. The maximum atomic E-state index is 9.00. The van der Waals surface area contributed by atoms with E-state index in [1.807, 2.05) is 19.9 Å². The molecule has 1 N–H and O–H groups in total. The SMILES string of the molecule is Cc1ccncc1Nc1snc(C)c1C#N. The molecule has 0 aromatic carbocycles. The van der Waals surface area contributed by atoms with Gasteiger partial charge in [0.25, 0.3) is 0 Å². The van der Waals surface area contributed by atoms with E-state index in [1.54, 1.807) is 12.4 Å². The van der Waals surface area contributed by atoms with Crippen LogP contribution in [-0.4, -0.2) is 9.36 Å². The quantitative estimate of drug-likeness (QED) is 0.861. The molecule has 0 radical (unpaired) electrons. The number of hydrogen-bond donors (Lipinski definition) is 1. The average molecular weight is 230 g/mol. The topological polar surface area (TPSA) is 61.6 Å². The highest BCUT2D eigenvalue weighted by Crippen LogP contribution is 2.27. The molecule has 2 aromatic rings. The van der Waals surface area contributed by atoms with Gasteiger partial charge in [0.2, 0.25) is 0 Å². The molecule has 0 unspecified atom stereocenters. The van der Waals surface area contributed by atoms with Gasteiger partial charge in [-0.1, -0.05) is 0 Å². The Morgan fingerprint density at radius 1 is 1.44 bits per heavy atom. The van der Waals surface area contributed by atoms with E-state index in [4.69, 9.17) is 5.26 Å². The van der Waals surface area contributed by atoms with Crippen LogP contribution in [0.25, 0.3) is 0 Å². The second-order valence-electron chi connectivity index (χ2n) is 3.40. The molecule has 0 bridgehead atoms. The number of aryl methyl sites for hydroxylation is 2. The smallest absolute Gasteiger partial charge is 0.132 e. The molecular formula is C11H10N4S. The summed E-state index contributed by atoms with van der Waals surface area (Å²) in [5.74, 6) is 0. The van der Waals surface area contributed by atoms with Crippen LogP contribution >= 0.6 is 11.5 Å². The van der Waals surface area contributed by atoms with E-state index in [0.29, 0.717) is 5.56 Å². The van der Waals surface area contributed by atoms with Gasteiger partial charge in [0.05, 0.1) is 17.6 Å². The van der Waals surface area contributed by atoms with E-state index < -0.39 is 0 Å². The van der Waals surface area contributed by atoms with Gasteiger partial charge in [-0.05, 0) is 37.0 Å². The molecule has 0 amide bonds. The zero-order valence-corrected chi connectivity index (χ0v) is 9.80. The summed E-state index contributed by atoms with van der Waals surface area (Å²) in [5.41, 5.74) is 3.36. The van der Waals surface area contributed by atoms with Crippen molar-refractivity contribution in [3.8, 4) is 6.07 Å². The number of nitrogens with zero attached hydrogens (tertiary/aromatic N) is 3. The van der Waals surface area contributed by atoms with Gasteiger partial charge in [-0.15, -0.1) is 0 Å². The molecule has 0 spiro atoms. The van der Waals surface area contributed by atoms with Gasteiger partial charge in [-0.2, -0.15) is 9.64 Å². The monoisotopic (exact) mass is 230 g/mol. The summed E-state index contributed by atoms with van der Waals surface area (Å²) in [5, 5.41) is 13.0. The largest absolute Gasteiger partial charge is 0.343 e. The van der Waals surface area contributed by atoms with Crippen molar-refractivity contribution >= 4 is 22.2 Å². The molecule has 2 heterocycles. The third-order valence-electron chi connectivity index (χ3n) is 2.26. The fourth-order valence-corrected chi connectivity index (χ4v) is 2.06. The zero-order valence-electron chi connectivity index (χ0n) is 8.98. The predicted octanol–water partition coefficient (Wildman–Crippen LogP) is 2.77. The van der Waals surface area contributed by atoms with Crippen LogP contribution in [0, 0.1) is 25.2 Å². The van der Waals surface area contributed by atoms with Gasteiger partial charge < -0.3 is 5.32 Å². The van der Waals surface area contributed by atoms with E-state index in [2.05, 4.69) is 20.7 Å². The van der Waals surface area contributed by atoms with E-state index >= 15 is 0 Å². The summed E-state index contributed by atoms with van der Waals surface area (Å²) in [4.78, 5) is 4.04. The van der Waals surface area contributed by atoms with Crippen molar-refractivity contribution in [1.82, 2.24) is 9.36 Å². The second kappa shape index (κ2) is 4.29. The molecular weight excluding hydrogens is 220 g/mol. The summed E-state index contributed by atoms with van der Waals surface area (Å²) in [6.07, 6.45) is 3.48. The lowest BCUT2D eigenvalue weighted by Crippen LogP contribution is -1.93. The highest BCUT2D eigenvalue weighted by Gasteiger charge is 2.10. The van der Waals surface area contributed by atoms with E-state index in [9.17, 15) is 0 Å². The fourth-order valence-electron chi connectivity index (χ4n) is 1.30. The first kappa shape index (κ1) is 10.6. The summed E-state index contributed by atoms with van der Waals surface area (Å²) >= 11 is 1.29. The first-order valence-corrected chi connectivity index (χ1v) is 5.53. The fraction of sp³-hybridized carbons (Fsp3) is 0.182. The predicted molar refractivity (Wildman–Crippen MR) is 63.8 cm³/mol. The van der Waals surface area contributed by atoms with Crippen LogP contribution in [0.15, 0.2) is 18.5 Å². The molecule has 0 atom stereocenters. The van der Waals surface area contributed by atoms with Crippen molar-refractivity contribution in [2.75, 3.05) is 5.32 Å². The first-order chi connectivity index (χ1) is 7.72. The van der Waals surface area contributed by atoms with Crippen LogP contribution in [0.2, 0.25) is 0 Å². The maximum Gasteiger partial charge on any atom is 0.132 e. The normalized spacial score (nSPS) is 9.81. The Bertz CT molecular complexity index is 553. The first-order valence-electron chi connectivity index (χ1n) is 4.76. The van der Waals surface area contributed by atoms with Crippen molar-refractivity contribution in [2.45, 2.75) is 13.8 Å². The Morgan fingerprint density at radius 2 is 2.25 bits per heavy atom. The van der Waals surface area contributed by atoms with Crippen LogP contribution in [0.3, 0.4) is 0 Å². The van der Waals surface area contributed by atoms with Gasteiger partial charge in [-0.3, -0.25) is 4.98 Å². The lowest BCUT2D eigenvalue weighted by Gasteiger charge is -2.05. The molecule has 2 rings (SSSR count). The number of anilines is 2. The van der Waals surface area contributed by atoms with Crippen LogP contribution in [-0.2, 0) is 0 Å². The van der Waals surface area contributed by atoms with Crippen molar-refractivity contribution in [2.24, 2.45) is 0 Å². The minimum absolute atomic E-state index is 0.605. The van der Waals surface area contributed by atoms with Crippen LogP contribution in [0.1, 0.15) is 16.8 Å². The van der Waals surface area contributed by atoms with Crippen LogP contribution in [0.4, 0.5) is 10.7 Å². The molecule has 80 valence electrons. The number of pyridine rings is 1. The maximum absolute atomic E-state index is 9.00. The molecule has 4 nitrogen and oxygen atoms in total. The second-order valence-corrected chi connectivity index (χ2v) is 4.17. The summed E-state index contributed by atoms with van der Waals surface area (Å²) in [6.45, 7) is 3.82. The minimum Gasteiger partial charge on any atom is -0.343 e. The molecule has 2 aromatic heterocycles. The molecule has 0 aliphatic heterocycles. The number of aromatic nitrogens is 2. The van der Waals surface area contributed by atoms with E-state index in [-0.39, 0.29) is 0 Å². The van der Waals surface area contributed by atoms with Crippen molar-refractivity contribution in [3.05, 3.63) is 35.3 Å². The van der Waals surface area contributed by atoms with E-state index in [1.165, 1.54) is 11.5 Å². The molecule has 5 heteroatoms. The molecule has 0 saturated heterocycles. The standard InChI is InChI=1S/C11H10N4S/c1-7-3-4-13-6-10(7)14-11-9(5-12)8(2)15-16-11/h3-4,6,14H,1-2H3. The van der Waals surface area contributed by atoms with Crippen molar-refractivity contribution < 1.29 is 0 Å². The van der Waals surface area contributed by atoms with Crippen molar-refractivity contribution in [1.29, 1.82) is 5.26 Å². The Balaban J connectivity index is 2.35. The number of hydrogen-bond acceptors (Lipinski definition) is 5. The molecule has 0 aliphatic rings. The summed E-state index contributed by atoms with van der Waals surface area (Å²) < 4.78 is 4.15. The number of rotatable bonds is 2. The highest BCUT2D eigenvalue weighted by molar-refractivity contribution is 7.10. The van der Waals surface area contributed by atoms with Gasteiger partial charge >= 0.3 is 0 Å². The Labute approximate surface area is 97.7 Å². The Morgan fingerprint density at radius 3 is 2.94 bits per heavy atom. The minimum atomic E-state index is 0.605. The Hall–Kier alpha value is -1.93. The number of nitrogens with one attached hydrogen (secondary N) is 1. The van der Waals surface area contributed by atoms with Gasteiger partial charge in [0.1, 0.15) is 16.6 Å². The summed E-state index contributed by atoms with van der Waals surface area (Å²) in [7, 11) is 0. The zero-order chi connectivity index (χ0) is 11.5. The third kappa shape index (κ3) is 1.88. The lowest BCUT2D eigenvalue weighted by atomic mass is 10.2. The highest BCUT2D eigenvalue weighted by atomic mass is 32.1. The van der Waals surface area contributed by atoms with Crippen LogP contribution in [0.5, 0.6) is 0 Å². The number of nitriles is 1. The van der Waals surface area contributed by atoms with Crippen LogP contribution < -0.4 is 5.32 Å². The molecule has 0 aliphatic carbocycles. The molecule has 0 fully saturated rings. The van der Waals surface area contributed by atoms with Gasteiger partial charge in [0, 0.05) is 6.20 Å². The van der Waals surface area contributed by atoms with Crippen molar-refractivity contribution in [3.63, 3.8) is 0 Å². The third-order valence-corrected chi connectivity index (χ3v) is 3.12. The Kier molecular flexibility index (Phi) is 2.84.